The van der Waals surface area contributed by atoms with Gasteiger partial charge in [-0.1, -0.05) is 42.2 Å². The number of aryl methyl sites for hydroxylation is 1. The van der Waals surface area contributed by atoms with Gasteiger partial charge in [0.25, 0.3) is 5.95 Å². The fourth-order valence-electron chi connectivity index (χ4n) is 2.15. The second kappa shape index (κ2) is 7.28. The van der Waals surface area contributed by atoms with E-state index in [4.69, 9.17) is 16.0 Å². The van der Waals surface area contributed by atoms with Crippen LogP contribution in [0.4, 0.5) is 5.95 Å². The molecule has 0 spiro atoms. The van der Waals surface area contributed by atoms with Gasteiger partial charge in [0.1, 0.15) is 11.5 Å². The number of nitrogens with one attached hydrogen (secondary N) is 1. The van der Waals surface area contributed by atoms with Gasteiger partial charge in [-0.3, -0.25) is 0 Å². The maximum absolute atomic E-state index is 6.18. The summed E-state index contributed by atoms with van der Waals surface area (Å²) in [5.74, 6) is 2.02. The maximum atomic E-state index is 6.18. The van der Waals surface area contributed by atoms with Crippen LogP contribution in [0.3, 0.4) is 0 Å². The van der Waals surface area contributed by atoms with Crippen molar-refractivity contribution >= 4 is 17.5 Å². The SMILES string of the molecule is CCCCn1nnc(NCc2ccc(-c3ccccc3Cl)o2)n1. The molecule has 0 aliphatic carbocycles. The molecule has 3 aromatic rings. The van der Waals surface area contributed by atoms with Gasteiger partial charge < -0.3 is 9.73 Å². The van der Waals surface area contributed by atoms with Crippen molar-refractivity contribution in [2.75, 3.05) is 5.32 Å². The Morgan fingerprint density at radius 1 is 1.22 bits per heavy atom. The van der Waals surface area contributed by atoms with E-state index in [0.717, 1.165) is 36.5 Å². The zero-order valence-electron chi connectivity index (χ0n) is 12.9. The third kappa shape index (κ3) is 3.90. The summed E-state index contributed by atoms with van der Waals surface area (Å²) in [4.78, 5) is 1.60. The quantitative estimate of drug-likeness (QED) is 0.708. The molecule has 0 atom stereocenters. The summed E-state index contributed by atoms with van der Waals surface area (Å²) in [5.41, 5.74) is 0.879. The van der Waals surface area contributed by atoms with Crippen molar-refractivity contribution in [3.05, 3.63) is 47.2 Å². The Morgan fingerprint density at radius 3 is 2.91 bits per heavy atom. The molecule has 0 radical (unpaired) electrons. The molecule has 3 rings (SSSR count). The van der Waals surface area contributed by atoms with E-state index in [1.165, 1.54) is 0 Å². The molecule has 120 valence electrons. The minimum absolute atomic E-state index is 0.490. The first kappa shape index (κ1) is 15.6. The lowest BCUT2D eigenvalue weighted by molar-refractivity contribution is 0.496. The van der Waals surface area contributed by atoms with Crippen molar-refractivity contribution in [3.8, 4) is 11.3 Å². The molecular formula is C16H18ClN5O. The zero-order valence-corrected chi connectivity index (χ0v) is 13.6. The van der Waals surface area contributed by atoms with Crippen LogP contribution in [0.25, 0.3) is 11.3 Å². The molecule has 0 amide bonds. The Morgan fingerprint density at radius 2 is 2.09 bits per heavy atom. The number of aromatic nitrogens is 4. The van der Waals surface area contributed by atoms with E-state index in [1.54, 1.807) is 4.80 Å². The maximum Gasteiger partial charge on any atom is 0.263 e. The van der Waals surface area contributed by atoms with Gasteiger partial charge in [0.05, 0.1) is 18.1 Å². The lowest BCUT2D eigenvalue weighted by atomic mass is 10.2. The van der Waals surface area contributed by atoms with Crippen LogP contribution in [0.1, 0.15) is 25.5 Å². The molecule has 0 unspecified atom stereocenters. The predicted molar refractivity (Wildman–Crippen MR) is 89.2 cm³/mol. The van der Waals surface area contributed by atoms with E-state index < -0.39 is 0 Å². The number of halogens is 1. The summed E-state index contributed by atoms with van der Waals surface area (Å²) in [6, 6.07) is 11.4. The van der Waals surface area contributed by atoms with Crippen LogP contribution in [0.15, 0.2) is 40.8 Å². The van der Waals surface area contributed by atoms with E-state index in [0.29, 0.717) is 17.5 Å². The van der Waals surface area contributed by atoms with Crippen LogP contribution in [-0.4, -0.2) is 20.2 Å². The number of nitrogens with zero attached hydrogens (tertiary/aromatic N) is 4. The summed E-state index contributed by atoms with van der Waals surface area (Å²) in [6.45, 7) is 3.40. The highest BCUT2D eigenvalue weighted by Crippen LogP contribution is 2.29. The minimum atomic E-state index is 0.490. The number of hydrogen-bond acceptors (Lipinski definition) is 5. The second-order valence-electron chi connectivity index (χ2n) is 5.16. The van der Waals surface area contributed by atoms with Crippen molar-refractivity contribution in [2.24, 2.45) is 0 Å². The number of furan rings is 1. The van der Waals surface area contributed by atoms with Crippen LogP contribution in [0.2, 0.25) is 5.02 Å². The molecule has 23 heavy (non-hydrogen) atoms. The third-order valence-electron chi connectivity index (χ3n) is 3.39. The van der Waals surface area contributed by atoms with Gasteiger partial charge in [0, 0.05) is 5.56 Å². The Hall–Kier alpha value is -2.34. The Bertz CT molecular complexity index is 767. The first-order valence-electron chi connectivity index (χ1n) is 7.61. The molecule has 0 saturated heterocycles. The van der Waals surface area contributed by atoms with Gasteiger partial charge in [0.2, 0.25) is 0 Å². The lowest BCUT2D eigenvalue weighted by Crippen LogP contribution is -2.03. The van der Waals surface area contributed by atoms with E-state index >= 15 is 0 Å². The first-order chi connectivity index (χ1) is 11.3. The van der Waals surface area contributed by atoms with Crippen LogP contribution in [0.5, 0.6) is 0 Å². The average molecular weight is 332 g/mol. The molecule has 0 fully saturated rings. The van der Waals surface area contributed by atoms with E-state index in [1.807, 2.05) is 36.4 Å². The second-order valence-corrected chi connectivity index (χ2v) is 5.57. The topological polar surface area (TPSA) is 68.8 Å². The van der Waals surface area contributed by atoms with Crippen molar-refractivity contribution in [1.29, 1.82) is 0 Å². The van der Waals surface area contributed by atoms with E-state index in [9.17, 15) is 0 Å². The number of tetrazole rings is 1. The number of benzene rings is 1. The molecular weight excluding hydrogens is 314 g/mol. The van der Waals surface area contributed by atoms with Crippen LogP contribution in [0, 0.1) is 0 Å². The molecule has 2 heterocycles. The fourth-order valence-corrected chi connectivity index (χ4v) is 2.38. The first-order valence-corrected chi connectivity index (χ1v) is 7.99. The van der Waals surface area contributed by atoms with Gasteiger partial charge in [-0.2, -0.15) is 4.80 Å². The minimum Gasteiger partial charge on any atom is -0.459 e. The van der Waals surface area contributed by atoms with E-state index in [2.05, 4.69) is 27.7 Å². The highest BCUT2D eigenvalue weighted by molar-refractivity contribution is 6.33. The lowest BCUT2D eigenvalue weighted by Gasteiger charge is -2.00. The molecule has 0 saturated carbocycles. The molecule has 0 aliphatic heterocycles. The molecule has 6 nitrogen and oxygen atoms in total. The normalized spacial score (nSPS) is 10.9. The Labute approximate surface area is 139 Å². The highest BCUT2D eigenvalue weighted by atomic mass is 35.5. The van der Waals surface area contributed by atoms with Gasteiger partial charge in [-0.05, 0) is 35.9 Å². The molecule has 1 aromatic carbocycles. The smallest absolute Gasteiger partial charge is 0.263 e. The van der Waals surface area contributed by atoms with E-state index in [-0.39, 0.29) is 0 Å². The van der Waals surface area contributed by atoms with Gasteiger partial charge in [0.15, 0.2) is 0 Å². The predicted octanol–water partition coefficient (Wildman–Crippen LogP) is 4.00. The summed E-state index contributed by atoms with van der Waals surface area (Å²) in [7, 11) is 0. The molecule has 0 bridgehead atoms. The number of hydrogen-bond donors (Lipinski definition) is 1. The number of rotatable bonds is 7. The summed E-state index contributed by atoms with van der Waals surface area (Å²) < 4.78 is 5.81. The van der Waals surface area contributed by atoms with Crippen molar-refractivity contribution < 1.29 is 4.42 Å². The number of anilines is 1. The van der Waals surface area contributed by atoms with Crippen LogP contribution in [-0.2, 0) is 13.1 Å². The standard InChI is InChI=1S/C16H18ClN5O/c1-2-3-10-22-20-16(19-21-22)18-11-12-8-9-15(23-12)13-6-4-5-7-14(13)17/h4-9H,2-3,10-11H2,1H3,(H,18,20). The van der Waals surface area contributed by atoms with Crippen molar-refractivity contribution in [2.45, 2.75) is 32.9 Å². The van der Waals surface area contributed by atoms with Crippen LogP contribution >= 0.6 is 11.6 Å². The van der Waals surface area contributed by atoms with Gasteiger partial charge in [-0.15, -0.1) is 5.10 Å². The largest absolute Gasteiger partial charge is 0.459 e. The molecule has 1 N–H and O–H groups in total. The Kier molecular flexibility index (Phi) is 4.92. The summed E-state index contributed by atoms with van der Waals surface area (Å²) in [5, 5.41) is 16.0. The monoisotopic (exact) mass is 331 g/mol. The summed E-state index contributed by atoms with van der Waals surface area (Å²) in [6.07, 6.45) is 2.14. The van der Waals surface area contributed by atoms with Gasteiger partial charge in [-0.25, -0.2) is 0 Å². The highest BCUT2D eigenvalue weighted by Gasteiger charge is 2.09. The fraction of sp³-hybridized carbons (Fsp3) is 0.312. The molecule has 7 heteroatoms. The average Bonchev–Trinajstić information content (AvgIpc) is 3.21. The molecule has 2 aromatic heterocycles. The zero-order chi connectivity index (χ0) is 16.1. The molecule has 0 aliphatic rings. The third-order valence-corrected chi connectivity index (χ3v) is 3.72. The number of unbranched alkanes of at least 4 members (excludes halogenated alkanes) is 1. The van der Waals surface area contributed by atoms with Crippen molar-refractivity contribution in [1.82, 2.24) is 20.2 Å². The van der Waals surface area contributed by atoms with Gasteiger partial charge >= 0.3 is 0 Å². The van der Waals surface area contributed by atoms with Crippen molar-refractivity contribution in [3.63, 3.8) is 0 Å². The van der Waals surface area contributed by atoms with Crippen LogP contribution < -0.4 is 5.32 Å². The summed E-state index contributed by atoms with van der Waals surface area (Å²) >= 11 is 6.18. The Balaban J connectivity index is 1.61.